The van der Waals surface area contributed by atoms with Gasteiger partial charge in [-0.2, -0.15) is 0 Å². The van der Waals surface area contributed by atoms with Crippen LogP contribution in [0.1, 0.15) is 46.5 Å². The number of aliphatic carboxylic acids is 1. The molecule has 20 heavy (non-hydrogen) atoms. The van der Waals surface area contributed by atoms with Crippen molar-refractivity contribution in [1.29, 1.82) is 0 Å². The van der Waals surface area contributed by atoms with Crippen molar-refractivity contribution in [2.75, 3.05) is 26.2 Å². The van der Waals surface area contributed by atoms with E-state index >= 15 is 0 Å². The number of amides is 2. The van der Waals surface area contributed by atoms with Gasteiger partial charge in [-0.3, -0.25) is 4.79 Å². The molecule has 5 heteroatoms. The van der Waals surface area contributed by atoms with Gasteiger partial charge in [-0.25, -0.2) is 4.79 Å². The maximum atomic E-state index is 12.5. The Morgan fingerprint density at radius 3 is 2.10 bits per heavy atom. The highest BCUT2D eigenvalue weighted by atomic mass is 16.4. The minimum absolute atomic E-state index is 0.0210. The Morgan fingerprint density at radius 1 is 0.950 bits per heavy atom. The number of hydrogen-bond acceptors (Lipinski definition) is 2. The van der Waals surface area contributed by atoms with Crippen molar-refractivity contribution in [1.82, 2.24) is 9.80 Å². The minimum atomic E-state index is -0.797. The lowest BCUT2D eigenvalue weighted by Crippen LogP contribution is -2.54. The third-order valence-corrected chi connectivity index (χ3v) is 4.87. The van der Waals surface area contributed by atoms with E-state index in [1.165, 1.54) is 0 Å². The number of nitrogens with zero attached hydrogens (tertiary/aromatic N) is 2. The zero-order valence-electron chi connectivity index (χ0n) is 12.8. The SMILES string of the molecule is CC1(C)CCN(C(=O)N2CCCC(C)(C(=O)O)C2)CC1. The Labute approximate surface area is 120 Å². The van der Waals surface area contributed by atoms with Gasteiger partial charge in [0.15, 0.2) is 0 Å². The number of hydrogen-bond donors (Lipinski definition) is 1. The summed E-state index contributed by atoms with van der Waals surface area (Å²) in [5.74, 6) is -0.797. The zero-order chi connectivity index (χ0) is 15.0. The molecule has 2 rings (SSSR count). The molecule has 114 valence electrons. The fourth-order valence-electron chi connectivity index (χ4n) is 3.08. The standard InChI is InChI=1S/C15H26N2O3/c1-14(2)6-9-16(10-7-14)13(20)17-8-4-5-15(3,11-17)12(18)19/h4-11H2,1-3H3,(H,18,19). The molecule has 1 atom stereocenters. The highest BCUT2D eigenvalue weighted by molar-refractivity contribution is 5.78. The summed E-state index contributed by atoms with van der Waals surface area (Å²) in [6.07, 6.45) is 3.46. The van der Waals surface area contributed by atoms with Crippen molar-refractivity contribution in [2.24, 2.45) is 10.8 Å². The number of piperidine rings is 2. The monoisotopic (exact) mass is 282 g/mol. The number of urea groups is 1. The maximum Gasteiger partial charge on any atom is 0.320 e. The van der Waals surface area contributed by atoms with E-state index in [2.05, 4.69) is 13.8 Å². The van der Waals surface area contributed by atoms with E-state index in [1.807, 2.05) is 4.90 Å². The summed E-state index contributed by atoms with van der Waals surface area (Å²) in [5, 5.41) is 9.32. The molecular weight excluding hydrogens is 256 g/mol. The Hall–Kier alpha value is -1.26. The average Bonchev–Trinajstić information content (AvgIpc) is 2.38. The second-order valence-electron chi connectivity index (χ2n) is 7.32. The van der Waals surface area contributed by atoms with Crippen LogP contribution < -0.4 is 0 Å². The molecule has 2 amide bonds. The first-order chi connectivity index (χ1) is 9.23. The van der Waals surface area contributed by atoms with Gasteiger partial charge < -0.3 is 14.9 Å². The van der Waals surface area contributed by atoms with E-state index in [0.29, 0.717) is 24.9 Å². The highest BCUT2D eigenvalue weighted by Crippen LogP contribution is 2.33. The summed E-state index contributed by atoms with van der Waals surface area (Å²) < 4.78 is 0. The Morgan fingerprint density at radius 2 is 1.55 bits per heavy atom. The number of rotatable bonds is 1. The number of likely N-dealkylation sites (tertiary alicyclic amines) is 2. The molecule has 0 radical (unpaired) electrons. The van der Waals surface area contributed by atoms with Gasteiger partial charge >= 0.3 is 12.0 Å². The van der Waals surface area contributed by atoms with Crippen molar-refractivity contribution >= 4 is 12.0 Å². The molecule has 0 saturated carbocycles. The van der Waals surface area contributed by atoms with Crippen molar-refractivity contribution in [2.45, 2.75) is 46.5 Å². The first-order valence-electron chi connectivity index (χ1n) is 7.51. The maximum absolute atomic E-state index is 12.5. The normalized spacial score (nSPS) is 30.1. The number of carbonyl (C=O) groups excluding carboxylic acids is 1. The quantitative estimate of drug-likeness (QED) is 0.803. The van der Waals surface area contributed by atoms with Gasteiger partial charge in [0.2, 0.25) is 0 Å². The molecule has 2 fully saturated rings. The molecule has 0 aromatic carbocycles. The van der Waals surface area contributed by atoms with Crippen LogP contribution in [0.25, 0.3) is 0 Å². The summed E-state index contributed by atoms with van der Waals surface area (Å²) in [7, 11) is 0. The van der Waals surface area contributed by atoms with Gasteiger partial charge in [-0.15, -0.1) is 0 Å². The molecule has 0 aromatic heterocycles. The van der Waals surface area contributed by atoms with E-state index in [1.54, 1.807) is 11.8 Å². The lowest BCUT2D eigenvalue weighted by molar-refractivity contribution is -0.150. The molecule has 0 aromatic rings. The summed E-state index contributed by atoms with van der Waals surface area (Å²) in [6.45, 7) is 8.80. The van der Waals surface area contributed by atoms with E-state index in [-0.39, 0.29) is 6.03 Å². The first-order valence-corrected chi connectivity index (χ1v) is 7.51. The van der Waals surface area contributed by atoms with Gasteiger partial charge in [0.1, 0.15) is 0 Å². The van der Waals surface area contributed by atoms with Crippen molar-refractivity contribution < 1.29 is 14.7 Å². The molecule has 2 aliphatic heterocycles. The van der Waals surface area contributed by atoms with Crippen LogP contribution in [0.4, 0.5) is 4.79 Å². The second-order valence-corrected chi connectivity index (χ2v) is 7.32. The van der Waals surface area contributed by atoms with Crippen LogP contribution in [0.5, 0.6) is 0 Å². The van der Waals surface area contributed by atoms with Gasteiger partial charge in [0.25, 0.3) is 0 Å². The second kappa shape index (κ2) is 5.26. The van der Waals surface area contributed by atoms with Crippen LogP contribution in [-0.4, -0.2) is 53.1 Å². The van der Waals surface area contributed by atoms with Crippen LogP contribution in [0.2, 0.25) is 0 Å². The fourth-order valence-corrected chi connectivity index (χ4v) is 3.08. The largest absolute Gasteiger partial charge is 0.481 e. The van der Waals surface area contributed by atoms with Gasteiger partial charge in [-0.1, -0.05) is 13.8 Å². The van der Waals surface area contributed by atoms with Gasteiger partial charge in [0, 0.05) is 26.2 Å². The average molecular weight is 282 g/mol. The number of carboxylic acids is 1. The summed E-state index contributed by atoms with van der Waals surface area (Å²) in [6, 6.07) is 0.0210. The summed E-state index contributed by atoms with van der Waals surface area (Å²) >= 11 is 0. The predicted molar refractivity (Wildman–Crippen MR) is 76.5 cm³/mol. The minimum Gasteiger partial charge on any atom is -0.481 e. The van der Waals surface area contributed by atoms with Crippen LogP contribution in [-0.2, 0) is 4.79 Å². The molecule has 2 heterocycles. The van der Waals surface area contributed by atoms with Gasteiger partial charge in [0.05, 0.1) is 5.41 Å². The zero-order valence-corrected chi connectivity index (χ0v) is 12.8. The van der Waals surface area contributed by atoms with E-state index in [0.717, 1.165) is 32.4 Å². The summed E-state index contributed by atoms with van der Waals surface area (Å²) in [5.41, 5.74) is -0.475. The molecule has 0 bridgehead atoms. The Bertz CT molecular complexity index is 398. The number of carboxylic acid groups (broad SMARTS) is 1. The van der Waals surface area contributed by atoms with E-state index in [4.69, 9.17) is 0 Å². The molecule has 0 aliphatic carbocycles. The van der Waals surface area contributed by atoms with Crippen LogP contribution in [0.15, 0.2) is 0 Å². The summed E-state index contributed by atoms with van der Waals surface area (Å²) in [4.78, 5) is 27.5. The van der Waals surface area contributed by atoms with Crippen LogP contribution >= 0.6 is 0 Å². The fraction of sp³-hybridized carbons (Fsp3) is 0.867. The van der Waals surface area contributed by atoms with Crippen LogP contribution in [0, 0.1) is 10.8 Å². The first kappa shape index (κ1) is 15.1. The van der Waals surface area contributed by atoms with E-state index in [9.17, 15) is 14.7 Å². The molecule has 1 unspecified atom stereocenters. The third-order valence-electron chi connectivity index (χ3n) is 4.87. The molecule has 0 spiro atoms. The van der Waals surface area contributed by atoms with Crippen molar-refractivity contribution in [3.63, 3.8) is 0 Å². The molecule has 5 nitrogen and oxygen atoms in total. The Balaban J connectivity index is 1.98. The molecular formula is C15H26N2O3. The van der Waals surface area contributed by atoms with Gasteiger partial charge in [-0.05, 0) is 38.0 Å². The third kappa shape index (κ3) is 3.07. The molecule has 1 N–H and O–H groups in total. The van der Waals surface area contributed by atoms with Crippen molar-refractivity contribution in [3.8, 4) is 0 Å². The molecule has 2 saturated heterocycles. The van der Waals surface area contributed by atoms with Crippen LogP contribution in [0.3, 0.4) is 0 Å². The molecule has 2 aliphatic rings. The number of carbonyl (C=O) groups is 2. The predicted octanol–water partition coefficient (Wildman–Crippen LogP) is 2.42. The van der Waals surface area contributed by atoms with Crippen molar-refractivity contribution in [3.05, 3.63) is 0 Å². The smallest absolute Gasteiger partial charge is 0.320 e. The Kier molecular flexibility index (Phi) is 3.98. The highest BCUT2D eigenvalue weighted by Gasteiger charge is 2.41. The lowest BCUT2D eigenvalue weighted by Gasteiger charge is -2.43. The van der Waals surface area contributed by atoms with E-state index < -0.39 is 11.4 Å². The topological polar surface area (TPSA) is 60.9 Å². The lowest BCUT2D eigenvalue weighted by atomic mass is 9.81.